The minimum absolute atomic E-state index is 0.0711. The topological polar surface area (TPSA) is 76.4 Å². The summed E-state index contributed by atoms with van der Waals surface area (Å²) in [6, 6.07) is 18.2. The van der Waals surface area contributed by atoms with Gasteiger partial charge in [-0.05, 0) is 43.2 Å². The van der Waals surface area contributed by atoms with Gasteiger partial charge in [0, 0.05) is 36.6 Å². The average Bonchev–Trinajstić information content (AvgIpc) is 3.17. The van der Waals surface area contributed by atoms with Crippen molar-refractivity contribution in [1.29, 1.82) is 5.26 Å². The highest BCUT2D eigenvalue weighted by Crippen LogP contribution is 2.44. The van der Waals surface area contributed by atoms with Crippen molar-refractivity contribution in [1.82, 2.24) is 9.80 Å². The number of benzene rings is 2. The van der Waals surface area contributed by atoms with Gasteiger partial charge in [0.15, 0.2) is 0 Å². The molecule has 0 saturated carbocycles. The Morgan fingerprint density at radius 3 is 2.52 bits per heavy atom. The lowest BCUT2D eigenvalue weighted by atomic mass is 10.0. The molecule has 1 N–H and O–H groups in total. The van der Waals surface area contributed by atoms with Gasteiger partial charge < -0.3 is 15.1 Å². The minimum Gasteiger partial charge on any atom is -0.324 e. The molecule has 4 rings (SSSR count). The van der Waals surface area contributed by atoms with Crippen molar-refractivity contribution in [2.24, 2.45) is 0 Å². The number of carbonyl (C=O) groups excluding carboxylic acids is 2. The first-order valence-corrected chi connectivity index (χ1v) is 10.7. The van der Waals surface area contributed by atoms with Crippen LogP contribution in [0.5, 0.6) is 0 Å². The van der Waals surface area contributed by atoms with Crippen molar-refractivity contribution in [3.05, 3.63) is 65.7 Å². The molecule has 2 aliphatic heterocycles. The van der Waals surface area contributed by atoms with Crippen LogP contribution in [-0.4, -0.2) is 52.0 Å². The second-order valence-electron chi connectivity index (χ2n) is 7.23. The predicted molar refractivity (Wildman–Crippen MR) is 114 cm³/mol. The fourth-order valence-corrected chi connectivity index (χ4v) is 5.43. The molecule has 148 valence electrons. The Labute approximate surface area is 174 Å². The number of urea groups is 1. The van der Waals surface area contributed by atoms with Crippen LogP contribution >= 0.6 is 11.8 Å². The fourth-order valence-electron chi connectivity index (χ4n) is 3.97. The van der Waals surface area contributed by atoms with Crippen LogP contribution in [0.2, 0.25) is 0 Å². The third-order valence-corrected chi connectivity index (χ3v) is 7.07. The quantitative estimate of drug-likeness (QED) is 0.824. The van der Waals surface area contributed by atoms with Gasteiger partial charge in [-0.1, -0.05) is 24.3 Å². The van der Waals surface area contributed by atoms with E-state index in [2.05, 4.69) is 11.4 Å². The van der Waals surface area contributed by atoms with Crippen molar-refractivity contribution in [2.75, 3.05) is 30.7 Å². The molecule has 2 aliphatic rings. The van der Waals surface area contributed by atoms with E-state index >= 15 is 0 Å². The van der Waals surface area contributed by atoms with E-state index in [0.717, 1.165) is 25.1 Å². The number of hydrogen-bond acceptors (Lipinski definition) is 4. The van der Waals surface area contributed by atoms with Crippen LogP contribution in [0, 0.1) is 11.3 Å². The van der Waals surface area contributed by atoms with Gasteiger partial charge in [-0.2, -0.15) is 5.26 Å². The van der Waals surface area contributed by atoms with Crippen molar-refractivity contribution in [3.8, 4) is 6.07 Å². The molecular weight excluding hydrogens is 384 g/mol. The Hall–Kier alpha value is -2.98. The van der Waals surface area contributed by atoms with Crippen LogP contribution in [0.4, 0.5) is 10.5 Å². The van der Waals surface area contributed by atoms with Crippen LogP contribution in [0.1, 0.15) is 28.8 Å². The van der Waals surface area contributed by atoms with Crippen molar-refractivity contribution >= 4 is 29.4 Å². The van der Waals surface area contributed by atoms with E-state index < -0.39 is 0 Å². The number of anilines is 1. The van der Waals surface area contributed by atoms with E-state index in [1.54, 1.807) is 29.2 Å². The summed E-state index contributed by atoms with van der Waals surface area (Å²) >= 11 is 1.83. The SMILES string of the molecule is N#Cc1cccc(NC(=O)N2CCC3(CC2)SCCN3C(=O)c2ccccc2)c1. The standard InChI is InChI=1S/C22H22N4O2S/c23-16-17-5-4-8-19(15-17)24-21(28)25-11-9-22(10-12-25)26(13-14-29-22)20(27)18-6-2-1-3-7-18/h1-8,15H,9-14H2,(H,24,28). The summed E-state index contributed by atoms with van der Waals surface area (Å²) in [4.78, 5) is 29.2. The predicted octanol–water partition coefficient (Wildman–Crippen LogP) is 3.77. The maximum absolute atomic E-state index is 13.0. The zero-order chi connectivity index (χ0) is 20.3. The zero-order valence-corrected chi connectivity index (χ0v) is 16.8. The molecule has 6 nitrogen and oxygen atoms in total. The summed E-state index contributed by atoms with van der Waals surface area (Å²) in [6.07, 6.45) is 1.50. The lowest BCUT2D eigenvalue weighted by Crippen LogP contribution is -2.54. The van der Waals surface area contributed by atoms with Crippen molar-refractivity contribution in [2.45, 2.75) is 17.7 Å². The minimum atomic E-state index is -0.232. The lowest BCUT2D eigenvalue weighted by Gasteiger charge is -2.44. The number of hydrogen-bond donors (Lipinski definition) is 1. The van der Waals surface area contributed by atoms with Gasteiger partial charge in [-0.3, -0.25) is 4.79 Å². The van der Waals surface area contributed by atoms with Crippen LogP contribution in [0.15, 0.2) is 54.6 Å². The summed E-state index contributed by atoms with van der Waals surface area (Å²) in [5.74, 6) is 0.993. The van der Waals surface area contributed by atoms with Crippen LogP contribution < -0.4 is 5.32 Å². The van der Waals surface area contributed by atoms with Crippen LogP contribution in [-0.2, 0) is 0 Å². The third-order valence-electron chi connectivity index (χ3n) is 5.52. The molecule has 2 aromatic rings. The van der Waals surface area contributed by atoms with Crippen LogP contribution in [0.3, 0.4) is 0 Å². The fraction of sp³-hybridized carbons (Fsp3) is 0.318. The summed E-state index contributed by atoms with van der Waals surface area (Å²) in [6.45, 7) is 1.93. The van der Waals surface area contributed by atoms with Gasteiger partial charge in [0.05, 0.1) is 16.5 Å². The molecule has 2 aromatic carbocycles. The number of piperidine rings is 1. The summed E-state index contributed by atoms with van der Waals surface area (Å²) in [5, 5.41) is 11.9. The highest BCUT2D eigenvalue weighted by molar-refractivity contribution is 8.00. The molecule has 2 saturated heterocycles. The molecule has 3 amide bonds. The molecule has 0 aromatic heterocycles. The van der Waals surface area contributed by atoms with E-state index in [9.17, 15) is 9.59 Å². The first-order valence-electron chi connectivity index (χ1n) is 9.68. The Kier molecular flexibility index (Phi) is 5.45. The number of nitriles is 1. The smallest absolute Gasteiger partial charge is 0.321 e. The maximum atomic E-state index is 13.0. The molecule has 0 atom stereocenters. The van der Waals surface area contributed by atoms with Gasteiger partial charge in [0.25, 0.3) is 5.91 Å². The van der Waals surface area contributed by atoms with E-state index in [4.69, 9.17) is 5.26 Å². The number of carbonyl (C=O) groups is 2. The molecular formula is C22H22N4O2S. The van der Waals surface area contributed by atoms with E-state index in [-0.39, 0.29) is 16.8 Å². The molecule has 0 radical (unpaired) electrons. The summed E-state index contributed by atoms with van der Waals surface area (Å²) in [5.41, 5.74) is 1.84. The third kappa shape index (κ3) is 3.94. The normalized spacial score (nSPS) is 17.8. The van der Waals surface area contributed by atoms with Crippen molar-refractivity contribution in [3.63, 3.8) is 0 Å². The Morgan fingerprint density at radius 2 is 1.79 bits per heavy atom. The lowest BCUT2D eigenvalue weighted by molar-refractivity contribution is 0.0585. The molecule has 2 heterocycles. The van der Waals surface area contributed by atoms with Gasteiger partial charge in [-0.25, -0.2) is 4.79 Å². The number of nitrogens with one attached hydrogen (secondary N) is 1. The molecule has 0 bridgehead atoms. The highest BCUT2D eigenvalue weighted by atomic mass is 32.2. The number of nitrogens with zero attached hydrogens (tertiary/aromatic N) is 3. The zero-order valence-electron chi connectivity index (χ0n) is 16.0. The molecule has 1 spiro atoms. The van der Waals surface area contributed by atoms with Gasteiger partial charge >= 0.3 is 6.03 Å². The number of rotatable bonds is 2. The monoisotopic (exact) mass is 406 g/mol. The first kappa shape index (κ1) is 19.3. The number of amides is 3. The summed E-state index contributed by atoms with van der Waals surface area (Å²) < 4.78 is 0. The summed E-state index contributed by atoms with van der Waals surface area (Å²) in [7, 11) is 0. The molecule has 2 fully saturated rings. The molecule has 0 aliphatic carbocycles. The van der Waals surface area contributed by atoms with Gasteiger partial charge in [0.1, 0.15) is 0 Å². The molecule has 7 heteroatoms. The van der Waals surface area contributed by atoms with Gasteiger partial charge in [-0.15, -0.1) is 11.8 Å². The number of thioether (sulfide) groups is 1. The highest BCUT2D eigenvalue weighted by Gasteiger charge is 2.47. The van der Waals surface area contributed by atoms with E-state index in [0.29, 0.717) is 29.9 Å². The Bertz CT molecular complexity index is 949. The largest absolute Gasteiger partial charge is 0.324 e. The van der Waals surface area contributed by atoms with E-state index in [1.807, 2.05) is 47.0 Å². The molecule has 0 unspecified atom stereocenters. The van der Waals surface area contributed by atoms with Gasteiger partial charge in [0.2, 0.25) is 0 Å². The second-order valence-corrected chi connectivity index (χ2v) is 8.68. The Balaban J connectivity index is 1.40. The number of likely N-dealkylation sites (tertiary alicyclic amines) is 1. The maximum Gasteiger partial charge on any atom is 0.321 e. The second kappa shape index (κ2) is 8.18. The van der Waals surface area contributed by atoms with E-state index in [1.165, 1.54) is 0 Å². The average molecular weight is 407 g/mol. The molecule has 29 heavy (non-hydrogen) atoms. The Morgan fingerprint density at radius 1 is 1.03 bits per heavy atom. The van der Waals surface area contributed by atoms with Crippen molar-refractivity contribution < 1.29 is 9.59 Å². The first-order chi connectivity index (χ1) is 14.1. The van der Waals surface area contributed by atoms with Crippen LogP contribution in [0.25, 0.3) is 0 Å².